The van der Waals surface area contributed by atoms with Crippen LogP contribution >= 0.6 is 0 Å². The smallest absolute Gasteiger partial charge is 0.314 e. The lowest BCUT2D eigenvalue weighted by Gasteiger charge is -2.17. The second-order valence-corrected chi connectivity index (χ2v) is 6.02. The molecule has 5 nitrogen and oxygen atoms in total. The predicted octanol–water partition coefficient (Wildman–Crippen LogP) is 2.44. The molecule has 122 valence electrons. The van der Waals surface area contributed by atoms with Crippen LogP contribution in [0.2, 0.25) is 0 Å². The highest BCUT2D eigenvalue weighted by molar-refractivity contribution is 5.74. The summed E-state index contributed by atoms with van der Waals surface area (Å²) in [5.41, 5.74) is 0.880. The van der Waals surface area contributed by atoms with Crippen molar-refractivity contribution >= 4 is 6.03 Å². The monoisotopic (exact) mass is 316 g/mol. The number of aromatic nitrogens is 2. The normalized spacial score (nSPS) is 15.2. The fourth-order valence-electron chi connectivity index (χ4n) is 2.72. The number of hydrogen-bond acceptors (Lipinski definition) is 2. The fraction of sp³-hybridized carbons (Fsp3) is 0.412. The first-order valence-corrected chi connectivity index (χ1v) is 7.93. The van der Waals surface area contributed by atoms with Crippen LogP contribution in [0.5, 0.6) is 0 Å². The maximum Gasteiger partial charge on any atom is 0.314 e. The largest absolute Gasteiger partial charge is 0.338 e. The third-order valence-corrected chi connectivity index (χ3v) is 4.29. The lowest BCUT2D eigenvalue weighted by molar-refractivity contribution is 0.239. The van der Waals surface area contributed by atoms with Crippen molar-refractivity contribution in [3.05, 3.63) is 54.1 Å². The lowest BCUT2D eigenvalue weighted by atomic mass is 9.96. The number of hydrogen-bond donors (Lipinski definition) is 2. The Balaban J connectivity index is 1.39. The number of urea groups is 1. The molecule has 0 radical (unpaired) electrons. The van der Waals surface area contributed by atoms with Crippen LogP contribution in [-0.2, 0) is 12.0 Å². The zero-order valence-corrected chi connectivity index (χ0v) is 13.0. The van der Waals surface area contributed by atoms with Gasteiger partial charge < -0.3 is 10.6 Å². The molecule has 0 unspecified atom stereocenters. The summed E-state index contributed by atoms with van der Waals surface area (Å²) in [5, 5.41) is 9.85. The summed E-state index contributed by atoms with van der Waals surface area (Å²) in [4.78, 5) is 11.9. The third-order valence-electron chi connectivity index (χ3n) is 4.29. The van der Waals surface area contributed by atoms with Crippen LogP contribution in [0, 0.1) is 5.82 Å². The summed E-state index contributed by atoms with van der Waals surface area (Å²) in [7, 11) is 0. The molecular formula is C17H21FN4O. The molecule has 0 saturated heterocycles. The Kier molecular flexibility index (Phi) is 4.60. The molecule has 3 rings (SSSR count). The molecule has 1 aromatic heterocycles. The number of carbonyl (C=O) groups excluding carboxylic acids is 1. The molecule has 1 fully saturated rings. The van der Waals surface area contributed by atoms with Gasteiger partial charge in [0.1, 0.15) is 5.82 Å². The first-order chi connectivity index (χ1) is 11.2. The van der Waals surface area contributed by atoms with Crippen LogP contribution < -0.4 is 10.6 Å². The van der Waals surface area contributed by atoms with Gasteiger partial charge in [0.05, 0.1) is 0 Å². The summed E-state index contributed by atoms with van der Waals surface area (Å²) in [5.74, 6) is -0.225. The van der Waals surface area contributed by atoms with E-state index in [-0.39, 0.29) is 17.3 Å². The zero-order chi connectivity index (χ0) is 16.1. The number of benzene rings is 1. The van der Waals surface area contributed by atoms with Gasteiger partial charge in [-0.2, -0.15) is 5.10 Å². The molecule has 0 spiro atoms. The van der Waals surface area contributed by atoms with Crippen LogP contribution in [-0.4, -0.2) is 28.9 Å². The van der Waals surface area contributed by atoms with E-state index in [1.165, 1.54) is 6.07 Å². The molecule has 1 heterocycles. The summed E-state index contributed by atoms with van der Waals surface area (Å²) in [6.07, 6.45) is 6.42. The number of aryl methyl sites for hydroxylation is 1. The first kappa shape index (κ1) is 15.5. The predicted molar refractivity (Wildman–Crippen MR) is 85.6 cm³/mol. The number of rotatable bonds is 7. The highest BCUT2D eigenvalue weighted by atomic mass is 19.1. The average molecular weight is 316 g/mol. The molecule has 1 saturated carbocycles. The summed E-state index contributed by atoms with van der Waals surface area (Å²) in [6, 6.07) is 8.37. The van der Waals surface area contributed by atoms with Crippen molar-refractivity contribution in [1.29, 1.82) is 0 Å². The van der Waals surface area contributed by atoms with E-state index in [1.54, 1.807) is 18.3 Å². The minimum absolute atomic E-state index is 0.0888. The standard InChI is InChI=1S/C17H21FN4O/c18-15-5-1-4-14(12-15)17(6-7-17)13-20-16(23)19-8-2-10-22-11-3-9-21-22/h1,3-5,9,11-12H,2,6-8,10,13H2,(H2,19,20,23). The zero-order valence-electron chi connectivity index (χ0n) is 13.0. The second kappa shape index (κ2) is 6.81. The van der Waals surface area contributed by atoms with Crippen molar-refractivity contribution in [1.82, 2.24) is 20.4 Å². The molecule has 2 N–H and O–H groups in total. The van der Waals surface area contributed by atoms with Crippen molar-refractivity contribution in [2.24, 2.45) is 0 Å². The topological polar surface area (TPSA) is 59.0 Å². The van der Waals surface area contributed by atoms with Gasteiger partial charge in [-0.15, -0.1) is 0 Å². The molecule has 6 heteroatoms. The molecule has 1 aliphatic carbocycles. The highest BCUT2D eigenvalue weighted by Crippen LogP contribution is 2.47. The van der Waals surface area contributed by atoms with E-state index in [4.69, 9.17) is 0 Å². The Hall–Kier alpha value is -2.37. The molecule has 23 heavy (non-hydrogen) atoms. The van der Waals surface area contributed by atoms with E-state index < -0.39 is 0 Å². The number of carbonyl (C=O) groups is 1. The number of halogens is 1. The molecular weight excluding hydrogens is 295 g/mol. The van der Waals surface area contributed by atoms with Crippen LogP contribution in [0.25, 0.3) is 0 Å². The Morgan fingerprint density at radius 1 is 1.30 bits per heavy atom. The van der Waals surface area contributed by atoms with Gasteiger partial charge in [0.15, 0.2) is 0 Å². The summed E-state index contributed by atoms with van der Waals surface area (Å²) in [6.45, 7) is 1.92. The molecule has 0 bridgehead atoms. The van der Waals surface area contributed by atoms with Gasteiger partial charge in [0.25, 0.3) is 0 Å². The Bertz CT molecular complexity index is 652. The Morgan fingerprint density at radius 2 is 2.17 bits per heavy atom. The van der Waals surface area contributed by atoms with Crippen molar-refractivity contribution in [3.63, 3.8) is 0 Å². The highest BCUT2D eigenvalue weighted by Gasteiger charge is 2.44. The third kappa shape index (κ3) is 4.09. The van der Waals surface area contributed by atoms with Crippen molar-refractivity contribution < 1.29 is 9.18 Å². The van der Waals surface area contributed by atoms with Crippen molar-refractivity contribution in [3.8, 4) is 0 Å². The van der Waals surface area contributed by atoms with Crippen LogP contribution in [0.4, 0.5) is 9.18 Å². The van der Waals surface area contributed by atoms with Gasteiger partial charge in [-0.3, -0.25) is 4.68 Å². The first-order valence-electron chi connectivity index (χ1n) is 7.93. The molecule has 0 aliphatic heterocycles. The van der Waals surface area contributed by atoms with Gasteiger partial charge in [-0.25, -0.2) is 9.18 Å². The van der Waals surface area contributed by atoms with E-state index >= 15 is 0 Å². The van der Waals surface area contributed by atoms with E-state index in [9.17, 15) is 9.18 Å². The van der Waals surface area contributed by atoms with Gasteiger partial charge in [0.2, 0.25) is 0 Å². The van der Waals surface area contributed by atoms with Gasteiger partial charge in [0, 0.05) is 37.4 Å². The van der Waals surface area contributed by atoms with Crippen molar-refractivity contribution in [2.45, 2.75) is 31.2 Å². The van der Waals surface area contributed by atoms with Crippen LogP contribution in [0.15, 0.2) is 42.7 Å². The molecule has 1 aromatic carbocycles. The van der Waals surface area contributed by atoms with E-state index in [0.29, 0.717) is 13.1 Å². The maximum atomic E-state index is 13.3. The fourth-order valence-corrected chi connectivity index (χ4v) is 2.72. The van der Waals surface area contributed by atoms with E-state index in [1.807, 2.05) is 23.0 Å². The lowest BCUT2D eigenvalue weighted by Crippen LogP contribution is -2.40. The van der Waals surface area contributed by atoms with Gasteiger partial charge >= 0.3 is 6.03 Å². The average Bonchev–Trinajstić information content (AvgIpc) is 3.17. The summed E-state index contributed by atoms with van der Waals surface area (Å²) >= 11 is 0. The number of amides is 2. The molecule has 2 amide bonds. The van der Waals surface area contributed by atoms with Crippen molar-refractivity contribution in [2.75, 3.05) is 13.1 Å². The minimum atomic E-state index is -0.225. The Morgan fingerprint density at radius 3 is 2.87 bits per heavy atom. The quantitative estimate of drug-likeness (QED) is 0.771. The molecule has 2 aromatic rings. The molecule has 0 atom stereocenters. The Labute approximate surface area is 134 Å². The maximum absolute atomic E-state index is 13.3. The summed E-state index contributed by atoms with van der Waals surface area (Å²) < 4.78 is 15.2. The van der Waals surface area contributed by atoms with Gasteiger partial charge in [-0.05, 0) is 43.0 Å². The van der Waals surface area contributed by atoms with E-state index in [0.717, 1.165) is 31.4 Å². The SMILES string of the molecule is O=C(NCCCn1cccn1)NCC1(c2cccc(F)c2)CC1. The van der Waals surface area contributed by atoms with Crippen LogP contribution in [0.3, 0.4) is 0 Å². The van der Waals surface area contributed by atoms with Gasteiger partial charge in [-0.1, -0.05) is 12.1 Å². The number of nitrogens with one attached hydrogen (secondary N) is 2. The second-order valence-electron chi connectivity index (χ2n) is 6.02. The number of nitrogens with zero attached hydrogens (tertiary/aromatic N) is 2. The van der Waals surface area contributed by atoms with E-state index in [2.05, 4.69) is 15.7 Å². The molecule has 1 aliphatic rings. The van der Waals surface area contributed by atoms with Crippen LogP contribution in [0.1, 0.15) is 24.8 Å². The minimum Gasteiger partial charge on any atom is -0.338 e.